The zero-order valence-electron chi connectivity index (χ0n) is 15.6. The van der Waals surface area contributed by atoms with Crippen molar-refractivity contribution in [2.24, 2.45) is 0 Å². The molecule has 1 aliphatic heterocycles. The molecule has 7 nitrogen and oxygen atoms in total. The van der Waals surface area contributed by atoms with Crippen molar-refractivity contribution >= 4 is 16.8 Å². The van der Waals surface area contributed by atoms with Gasteiger partial charge in [0, 0.05) is 24.7 Å². The lowest BCUT2D eigenvalue weighted by atomic mass is 10.1. The van der Waals surface area contributed by atoms with Crippen molar-refractivity contribution in [3.63, 3.8) is 0 Å². The summed E-state index contributed by atoms with van der Waals surface area (Å²) in [6, 6.07) is 9.51. The number of nitrogens with zero attached hydrogens (tertiary/aromatic N) is 2. The Morgan fingerprint density at radius 1 is 1.29 bits per heavy atom. The number of ether oxygens (including phenoxy) is 2. The van der Waals surface area contributed by atoms with E-state index in [9.17, 15) is 4.79 Å². The maximum Gasteiger partial charge on any atom is 0.273 e. The lowest BCUT2D eigenvalue weighted by Gasteiger charge is -2.22. The van der Waals surface area contributed by atoms with Crippen LogP contribution in [0.4, 0.5) is 0 Å². The van der Waals surface area contributed by atoms with Crippen molar-refractivity contribution in [3.05, 3.63) is 54.4 Å². The summed E-state index contributed by atoms with van der Waals surface area (Å²) in [5.74, 6) is 0.798. The van der Waals surface area contributed by atoms with Gasteiger partial charge >= 0.3 is 0 Å². The molecule has 7 heteroatoms. The predicted molar refractivity (Wildman–Crippen MR) is 103 cm³/mol. The first kappa shape index (κ1) is 18.4. The van der Waals surface area contributed by atoms with E-state index < -0.39 is 0 Å². The third-order valence-corrected chi connectivity index (χ3v) is 4.75. The monoisotopic (exact) mass is 381 g/mol. The van der Waals surface area contributed by atoms with Gasteiger partial charge in [-0.25, -0.2) is 4.98 Å². The SMILES string of the molecule is O=C(NCCC1CCCCO1)c1coc(COc2ccc3ncccc3c2)n1. The molecule has 1 unspecified atom stereocenters. The van der Waals surface area contributed by atoms with Gasteiger partial charge in [-0.3, -0.25) is 9.78 Å². The van der Waals surface area contributed by atoms with E-state index in [1.165, 1.54) is 12.7 Å². The van der Waals surface area contributed by atoms with Gasteiger partial charge in [0.1, 0.15) is 12.0 Å². The molecule has 1 amide bonds. The van der Waals surface area contributed by atoms with Crippen LogP contribution in [0.25, 0.3) is 10.9 Å². The lowest BCUT2D eigenvalue weighted by Crippen LogP contribution is -2.29. The molecular weight excluding hydrogens is 358 g/mol. The number of rotatable bonds is 7. The number of benzene rings is 1. The third kappa shape index (κ3) is 4.67. The normalized spacial score (nSPS) is 16.8. The van der Waals surface area contributed by atoms with Crippen molar-refractivity contribution < 1.29 is 18.7 Å². The molecule has 1 N–H and O–H groups in total. The standard InChI is InChI=1S/C21H23N3O4/c25-21(23-10-8-16-5-1-2-11-26-16)19-13-28-20(24-19)14-27-17-6-7-18-15(12-17)4-3-9-22-18/h3-4,6-7,9,12-13,16H,1-2,5,8,10-11,14H2,(H,23,25). The van der Waals surface area contributed by atoms with Crippen LogP contribution < -0.4 is 10.1 Å². The maximum atomic E-state index is 12.2. The molecule has 0 spiro atoms. The number of oxazole rings is 1. The highest BCUT2D eigenvalue weighted by molar-refractivity contribution is 5.91. The number of hydrogen-bond acceptors (Lipinski definition) is 6. The molecule has 0 bridgehead atoms. The van der Waals surface area contributed by atoms with Gasteiger partial charge in [-0.15, -0.1) is 0 Å². The molecule has 1 aromatic carbocycles. The van der Waals surface area contributed by atoms with Crippen LogP contribution in [0.3, 0.4) is 0 Å². The molecule has 3 heterocycles. The summed E-state index contributed by atoms with van der Waals surface area (Å²) >= 11 is 0. The van der Waals surface area contributed by atoms with Crippen molar-refractivity contribution in [1.82, 2.24) is 15.3 Å². The molecule has 0 saturated carbocycles. The summed E-state index contributed by atoms with van der Waals surface area (Å²) in [5.41, 5.74) is 1.16. The van der Waals surface area contributed by atoms with E-state index in [1.807, 2.05) is 30.3 Å². The number of hydrogen-bond donors (Lipinski definition) is 1. The van der Waals surface area contributed by atoms with Crippen LogP contribution in [0.5, 0.6) is 5.75 Å². The van der Waals surface area contributed by atoms with E-state index in [0.29, 0.717) is 18.2 Å². The van der Waals surface area contributed by atoms with Gasteiger partial charge in [0.2, 0.25) is 5.89 Å². The molecular formula is C21H23N3O4. The highest BCUT2D eigenvalue weighted by Crippen LogP contribution is 2.20. The van der Waals surface area contributed by atoms with Crippen molar-refractivity contribution in [2.45, 2.75) is 38.4 Å². The van der Waals surface area contributed by atoms with E-state index in [1.54, 1.807) is 6.20 Å². The summed E-state index contributed by atoms with van der Waals surface area (Å²) in [4.78, 5) is 20.7. The number of amides is 1. The average Bonchev–Trinajstić information content (AvgIpc) is 3.22. The van der Waals surface area contributed by atoms with Gasteiger partial charge in [-0.05, 0) is 49.9 Å². The predicted octanol–water partition coefficient (Wildman–Crippen LogP) is 3.49. The van der Waals surface area contributed by atoms with Crippen LogP contribution in [-0.2, 0) is 11.3 Å². The topological polar surface area (TPSA) is 86.5 Å². The second-order valence-electron chi connectivity index (χ2n) is 6.81. The Balaban J connectivity index is 1.26. The second-order valence-corrected chi connectivity index (χ2v) is 6.81. The van der Waals surface area contributed by atoms with Crippen LogP contribution in [-0.4, -0.2) is 35.1 Å². The Labute approximate surface area is 163 Å². The van der Waals surface area contributed by atoms with E-state index >= 15 is 0 Å². The van der Waals surface area contributed by atoms with Crippen LogP contribution in [0.1, 0.15) is 42.1 Å². The molecule has 146 valence electrons. The molecule has 1 saturated heterocycles. The molecule has 1 fully saturated rings. The highest BCUT2D eigenvalue weighted by atomic mass is 16.5. The molecule has 4 rings (SSSR count). The Hall–Kier alpha value is -2.93. The average molecular weight is 381 g/mol. The molecule has 0 radical (unpaired) electrons. The lowest BCUT2D eigenvalue weighted by molar-refractivity contribution is 0.0117. The molecule has 2 aromatic heterocycles. The fourth-order valence-electron chi connectivity index (χ4n) is 3.24. The number of carbonyl (C=O) groups is 1. The van der Waals surface area contributed by atoms with Crippen LogP contribution in [0.15, 0.2) is 47.2 Å². The van der Waals surface area contributed by atoms with Crippen LogP contribution in [0.2, 0.25) is 0 Å². The first-order chi connectivity index (χ1) is 13.8. The fraction of sp³-hybridized carbons (Fsp3) is 0.381. The Bertz CT molecular complexity index is 934. The zero-order valence-corrected chi connectivity index (χ0v) is 15.6. The summed E-state index contributed by atoms with van der Waals surface area (Å²) in [5, 5.41) is 3.86. The van der Waals surface area contributed by atoms with E-state index in [-0.39, 0.29) is 24.3 Å². The molecule has 28 heavy (non-hydrogen) atoms. The third-order valence-electron chi connectivity index (χ3n) is 4.75. The Morgan fingerprint density at radius 2 is 2.25 bits per heavy atom. The minimum atomic E-state index is -0.248. The molecule has 1 atom stereocenters. The molecule has 0 aliphatic carbocycles. The first-order valence-corrected chi connectivity index (χ1v) is 9.60. The van der Waals surface area contributed by atoms with E-state index in [0.717, 1.165) is 36.8 Å². The first-order valence-electron chi connectivity index (χ1n) is 9.60. The fourth-order valence-corrected chi connectivity index (χ4v) is 3.24. The van der Waals surface area contributed by atoms with Crippen LogP contribution in [0, 0.1) is 0 Å². The number of pyridine rings is 1. The van der Waals surface area contributed by atoms with E-state index in [2.05, 4.69) is 15.3 Å². The summed E-state index contributed by atoms with van der Waals surface area (Å²) in [6.45, 7) is 1.53. The highest BCUT2D eigenvalue weighted by Gasteiger charge is 2.16. The van der Waals surface area contributed by atoms with Gasteiger partial charge < -0.3 is 19.2 Å². The minimum Gasteiger partial charge on any atom is -0.484 e. The maximum absolute atomic E-state index is 12.2. The largest absolute Gasteiger partial charge is 0.484 e. The van der Waals surface area contributed by atoms with E-state index in [4.69, 9.17) is 13.9 Å². The van der Waals surface area contributed by atoms with Crippen LogP contribution >= 0.6 is 0 Å². The van der Waals surface area contributed by atoms with Gasteiger partial charge in [-0.2, -0.15) is 0 Å². The Morgan fingerprint density at radius 3 is 3.14 bits per heavy atom. The number of fused-ring (bicyclic) bond motifs is 1. The summed E-state index contributed by atoms with van der Waals surface area (Å²) < 4.78 is 16.7. The summed E-state index contributed by atoms with van der Waals surface area (Å²) in [6.07, 6.45) is 7.55. The quantitative estimate of drug-likeness (QED) is 0.674. The van der Waals surface area contributed by atoms with Gasteiger partial charge in [-0.1, -0.05) is 6.07 Å². The van der Waals surface area contributed by atoms with Crippen molar-refractivity contribution in [3.8, 4) is 5.75 Å². The zero-order chi connectivity index (χ0) is 19.2. The smallest absolute Gasteiger partial charge is 0.273 e. The van der Waals surface area contributed by atoms with Gasteiger partial charge in [0.05, 0.1) is 11.6 Å². The van der Waals surface area contributed by atoms with Crippen molar-refractivity contribution in [1.29, 1.82) is 0 Å². The summed E-state index contributed by atoms with van der Waals surface area (Å²) in [7, 11) is 0. The number of nitrogens with one attached hydrogen (secondary N) is 1. The molecule has 3 aromatic rings. The van der Waals surface area contributed by atoms with Gasteiger partial charge in [0.15, 0.2) is 12.3 Å². The van der Waals surface area contributed by atoms with Gasteiger partial charge in [0.25, 0.3) is 5.91 Å². The molecule has 1 aliphatic rings. The Kier molecular flexibility index (Phi) is 5.82. The number of carbonyl (C=O) groups excluding carboxylic acids is 1. The van der Waals surface area contributed by atoms with Crippen molar-refractivity contribution in [2.75, 3.05) is 13.2 Å². The minimum absolute atomic E-state index is 0.148. The number of aromatic nitrogens is 2. The second kappa shape index (κ2) is 8.84.